The quantitative estimate of drug-likeness (QED) is 0.566. The molecule has 3 aromatic rings. The van der Waals surface area contributed by atoms with Crippen molar-refractivity contribution < 1.29 is 28.5 Å². The molecule has 1 amide bonds. The number of hydrogen-bond donors (Lipinski definition) is 2. The molecule has 31 heavy (non-hydrogen) atoms. The largest absolute Gasteiger partial charge is 0.508 e. The van der Waals surface area contributed by atoms with E-state index in [4.69, 9.17) is 4.74 Å². The molecule has 2 N–H and O–H groups in total. The van der Waals surface area contributed by atoms with Gasteiger partial charge in [-0.3, -0.25) is 4.90 Å². The number of phenols is 1. The van der Waals surface area contributed by atoms with E-state index in [0.29, 0.717) is 17.7 Å². The van der Waals surface area contributed by atoms with Crippen LogP contribution < -0.4 is 4.90 Å². The van der Waals surface area contributed by atoms with E-state index in [0.717, 1.165) is 5.56 Å². The first-order valence-corrected chi connectivity index (χ1v) is 9.90. The maximum Gasteiger partial charge on any atom is 0.415 e. The zero-order chi connectivity index (χ0) is 22.0. The van der Waals surface area contributed by atoms with Crippen LogP contribution in [0.1, 0.15) is 36.1 Å². The Morgan fingerprint density at radius 3 is 2.10 bits per heavy atom. The van der Waals surface area contributed by atoms with Crippen LogP contribution in [-0.2, 0) is 4.74 Å². The fraction of sp³-hybridized carbons (Fsp3) is 0.208. The number of aromatic hydroxyl groups is 1. The number of anilines is 1. The van der Waals surface area contributed by atoms with Gasteiger partial charge in [-0.15, -0.1) is 0 Å². The predicted molar refractivity (Wildman–Crippen MR) is 111 cm³/mol. The first-order chi connectivity index (χ1) is 14.9. The molecule has 4 rings (SSSR count). The number of carbonyl (C=O) groups excluding carboxylic acids is 1. The standard InChI is InChI=1S/C24H21F2NO4/c25-17-5-1-15(2-6-17)21(29)13-14-22-23(16-3-11-20(28)12-4-16)27(24(30)31-22)19-9-7-18(26)8-10-19/h1-12,21-23,28-29H,13-14H2/t21-,22-,23+/m0/s1. The molecular formula is C24H21F2NO4. The molecule has 3 aromatic carbocycles. The Morgan fingerprint density at radius 2 is 1.48 bits per heavy atom. The Balaban J connectivity index is 1.59. The zero-order valence-corrected chi connectivity index (χ0v) is 16.5. The van der Waals surface area contributed by atoms with Crippen LogP contribution in [0, 0.1) is 11.6 Å². The number of cyclic esters (lactones) is 1. The lowest BCUT2D eigenvalue weighted by Crippen LogP contribution is -2.29. The number of aliphatic hydroxyl groups excluding tert-OH is 1. The van der Waals surface area contributed by atoms with Crippen LogP contribution >= 0.6 is 0 Å². The number of rotatable bonds is 6. The van der Waals surface area contributed by atoms with Gasteiger partial charge >= 0.3 is 6.09 Å². The van der Waals surface area contributed by atoms with E-state index in [1.54, 1.807) is 12.1 Å². The molecule has 0 saturated carbocycles. The van der Waals surface area contributed by atoms with E-state index in [1.807, 2.05) is 0 Å². The van der Waals surface area contributed by atoms with Gasteiger partial charge in [0.15, 0.2) is 0 Å². The monoisotopic (exact) mass is 425 g/mol. The number of hydrogen-bond acceptors (Lipinski definition) is 4. The smallest absolute Gasteiger partial charge is 0.415 e. The number of aliphatic hydroxyl groups is 1. The molecule has 7 heteroatoms. The molecule has 0 radical (unpaired) electrons. The summed E-state index contributed by atoms with van der Waals surface area (Å²) in [6, 6.07) is 17.0. The third-order valence-corrected chi connectivity index (χ3v) is 5.40. The van der Waals surface area contributed by atoms with Gasteiger partial charge in [-0.1, -0.05) is 24.3 Å². The first-order valence-electron chi connectivity index (χ1n) is 9.90. The zero-order valence-electron chi connectivity index (χ0n) is 16.5. The summed E-state index contributed by atoms with van der Waals surface area (Å²) in [5, 5.41) is 20.1. The van der Waals surface area contributed by atoms with Gasteiger partial charge in [0.1, 0.15) is 29.5 Å². The Kier molecular flexibility index (Phi) is 5.86. The van der Waals surface area contributed by atoms with Crippen LogP contribution in [-0.4, -0.2) is 22.4 Å². The van der Waals surface area contributed by atoms with Gasteiger partial charge in [-0.25, -0.2) is 13.6 Å². The second-order valence-corrected chi connectivity index (χ2v) is 7.45. The normalized spacial score (nSPS) is 19.3. The van der Waals surface area contributed by atoms with E-state index in [1.165, 1.54) is 65.6 Å². The van der Waals surface area contributed by atoms with Gasteiger partial charge in [0.05, 0.1) is 6.10 Å². The van der Waals surface area contributed by atoms with Crippen molar-refractivity contribution in [3.8, 4) is 5.75 Å². The molecule has 1 saturated heterocycles. The average Bonchev–Trinajstić information content (AvgIpc) is 3.09. The molecule has 3 atom stereocenters. The molecule has 5 nitrogen and oxygen atoms in total. The van der Waals surface area contributed by atoms with Crippen molar-refractivity contribution in [2.24, 2.45) is 0 Å². The summed E-state index contributed by atoms with van der Waals surface area (Å²) in [6.45, 7) is 0. The molecule has 1 fully saturated rings. The van der Waals surface area contributed by atoms with Crippen molar-refractivity contribution in [1.82, 2.24) is 0 Å². The van der Waals surface area contributed by atoms with Gasteiger partial charge in [-0.2, -0.15) is 0 Å². The third-order valence-electron chi connectivity index (χ3n) is 5.40. The summed E-state index contributed by atoms with van der Waals surface area (Å²) in [7, 11) is 0. The summed E-state index contributed by atoms with van der Waals surface area (Å²) < 4.78 is 32.2. The summed E-state index contributed by atoms with van der Waals surface area (Å²) >= 11 is 0. The molecule has 1 aliphatic heterocycles. The molecule has 0 unspecified atom stereocenters. The highest BCUT2D eigenvalue weighted by atomic mass is 19.1. The van der Waals surface area contributed by atoms with Crippen molar-refractivity contribution in [2.75, 3.05) is 4.90 Å². The molecule has 1 heterocycles. The predicted octanol–water partition coefficient (Wildman–Crippen LogP) is 5.25. The second-order valence-electron chi connectivity index (χ2n) is 7.45. The number of nitrogens with zero attached hydrogens (tertiary/aromatic N) is 1. The number of phenolic OH excluding ortho intramolecular Hbond substituents is 1. The molecule has 0 aliphatic carbocycles. The third kappa shape index (κ3) is 4.51. The van der Waals surface area contributed by atoms with Crippen LogP contribution in [0.4, 0.5) is 19.3 Å². The summed E-state index contributed by atoms with van der Waals surface area (Å²) in [6.07, 6.45) is -1.38. The van der Waals surface area contributed by atoms with Crippen molar-refractivity contribution in [3.63, 3.8) is 0 Å². The molecule has 160 valence electrons. The average molecular weight is 425 g/mol. The fourth-order valence-corrected chi connectivity index (χ4v) is 3.82. The van der Waals surface area contributed by atoms with Crippen LogP contribution in [0.2, 0.25) is 0 Å². The number of carbonyl (C=O) groups is 1. The first kappa shape index (κ1) is 20.8. The lowest BCUT2D eigenvalue weighted by Gasteiger charge is -2.25. The minimum atomic E-state index is -0.848. The minimum absolute atomic E-state index is 0.0885. The summed E-state index contributed by atoms with van der Waals surface area (Å²) in [4.78, 5) is 14.2. The number of benzene rings is 3. The lowest BCUT2D eigenvalue weighted by atomic mass is 9.94. The van der Waals surface area contributed by atoms with Gasteiger partial charge in [0.2, 0.25) is 0 Å². The highest BCUT2D eigenvalue weighted by Gasteiger charge is 2.43. The SMILES string of the molecule is O=C1O[C@@H](CC[C@H](O)c2ccc(F)cc2)[C@@H](c2ccc(O)cc2)N1c1ccc(F)cc1. The molecule has 1 aliphatic rings. The molecular weight excluding hydrogens is 404 g/mol. The Morgan fingerprint density at radius 1 is 0.903 bits per heavy atom. The molecule has 0 bridgehead atoms. The van der Waals surface area contributed by atoms with Crippen molar-refractivity contribution in [1.29, 1.82) is 0 Å². The maximum absolute atomic E-state index is 13.4. The van der Waals surface area contributed by atoms with Gasteiger partial charge in [0.25, 0.3) is 0 Å². The lowest BCUT2D eigenvalue weighted by molar-refractivity contribution is 0.101. The van der Waals surface area contributed by atoms with Crippen LogP contribution in [0.3, 0.4) is 0 Å². The van der Waals surface area contributed by atoms with E-state index in [9.17, 15) is 23.8 Å². The summed E-state index contributed by atoms with van der Waals surface area (Å²) in [5.74, 6) is -0.718. The highest BCUT2D eigenvalue weighted by molar-refractivity contribution is 5.91. The Bertz CT molecular complexity index is 1040. The van der Waals surface area contributed by atoms with Gasteiger partial charge in [-0.05, 0) is 72.5 Å². The van der Waals surface area contributed by atoms with Gasteiger partial charge < -0.3 is 14.9 Å². The highest BCUT2D eigenvalue weighted by Crippen LogP contribution is 2.40. The fourth-order valence-electron chi connectivity index (χ4n) is 3.82. The summed E-state index contributed by atoms with van der Waals surface area (Å²) in [5.41, 5.74) is 1.78. The number of amides is 1. The van der Waals surface area contributed by atoms with Crippen LogP contribution in [0.25, 0.3) is 0 Å². The van der Waals surface area contributed by atoms with Gasteiger partial charge in [0, 0.05) is 5.69 Å². The van der Waals surface area contributed by atoms with Crippen LogP contribution in [0.5, 0.6) is 5.75 Å². The van der Waals surface area contributed by atoms with Crippen molar-refractivity contribution in [3.05, 3.63) is 95.6 Å². The minimum Gasteiger partial charge on any atom is -0.508 e. The topological polar surface area (TPSA) is 70.0 Å². The maximum atomic E-state index is 13.4. The molecule has 0 aromatic heterocycles. The van der Waals surface area contributed by atoms with Crippen molar-refractivity contribution >= 4 is 11.8 Å². The van der Waals surface area contributed by atoms with E-state index < -0.39 is 30.2 Å². The van der Waals surface area contributed by atoms with E-state index >= 15 is 0 Å². The van der Waals surface area contributed by atoms with Crippen molar-refractivity contribution in [2.45, 2.75) is 31.1 Å². The Hall–Kier alpha value is -3.45. The number of halogens is 2. The van der Waals surface area contributed by atoms with Crippen LogP contribution in [0.15, 0.2) is 72.8 Å². The van der Waals surface area contributed by atoms with E-state index in [2.05, 4.69) is 0 Å². The second kappa shape index (κ2) is 8.73. The number of ether oxygens (including phenoxy) is 1. The van der Waals surface area contributed by atoms with E-state index in [-0.39, 0.29) is 18.0 Å². The Labute approximate surface area is 178 Å². The molecule has 0 spiro atoms.